The van der Waals surface area contributed by atoms with Crippen molar-refractivity contribution in [2.45, 2.75) is 58.4 Å². The average Bonchev–Trinajstić information content (AvgIpc) is 2.77. The number of pyridine rings is 1. The van der Waals surface area contributed by atoms with E-state index in [9.17, 15) is 10.1 Å². The van der Waals surface area contributed by atoms with Gasteiger partial charge >= 0.3 is 0 Å². The zero-order valence-corrected chi connectivity index (χ0v) is 18.9. The Hall–Kier alpha value is -2.72. The molecule has 1 aliphatic heterocycles. The Kier molecular flexibility index (Phi) is 6.10. The fraction of sp³-hybridized carbons (Fsp3) is 0.583. The Morgan fingerprint density at radius 2 is 1.81 bits per heavy atom. The van der Waals surface area contributed by atoms with Gasteiger partial charge in [-0.1, -0.05) is 20.8 Å². The highest BCUT2D eigenvalue weighted by atomic mass is 16.1. The maximum Gasteiger partial charge on any atom is 0.266 e. The number of piperazine rings is 1. The molecular weight excluding hydrogens is 388 g/mol. The number of aryl methyl sites for hydroxylation is 2. The normalized spacial score (nSPS) is 17.3. The first-order chi connectivity index (χ1) is 14.8. The van der Waals surface area contributed by atoms with Crippen LogP contribution in [0, 0.1) is 11.3 Å². The molecule has 2 aromatic heterocycles. The number of aromatic nitrogens is 3. The van der Waals surface area contributed by atoms with Crippen molar-refractivity contribution in [3.8, 4) is 6.07 Å². The Bertz CT molecular complexity index is 1040. The van der Waals surface area contributed by atoms with E-state index in [0.717, 1.165) is 57.1 Å². The summed E-state index contributed by atoms with van der Waals surface area (Å²) < 4.78 is 1.59. The lowest BCUT2D eigenvalue weighted by molar-refractivity contribution is 0.241. The molecule has 2 aliphatic rings. The number of hydrogen-bond acceptors (Lipinski definition) is 6. The van der Waals surface area contributed by atoms with Crippen molar-refractivity contribution in [2.24, 2.45) is 0 Å². The van der Waals surface area contributed by atoms with Crippen molar-refractivity contribution in [1.29, 1.82) is 5.26 Å². The number of fused-ring (bicyclic) bond motifs is 1. The fourth-order valence-electron chi connectivity index (χ4n) is 4.37. The third-order valence-electron chi connectivity index (χ3n) is 6.34. The number of hydrogen-bond donors (Lipinski definition) is 0. The van der Waals surface area contributed by atoms with Gasteiger partial charge in [0.1, 0.15) is 11.9 Å². The second kappa shape index (κ2) is 8.80. The number of rotatable bonds is 4. The van der Waals surface area contributed by atoms with E-state index in [0.29, 0.717) is 12.1 Å². The highest BCUT2D eigenvalue weighted by Crippen LogP contribution is 2.27. The van der Waals surface area contributed by atoms with Gasteiger partial charge < -0.3 is 4.90 Å². The molecule has 3 heterocycles. The van der Waals surface area contributed by atoms with Gasteiger partial charge in [0.05, 0.1) is 17.8 Å². The van der Waals surface area contributed by atoms with Crippen molar-refractivity contribution in [1.82, 2.24) is 19.7 Å². The molecule has 0 radical (unpaired) electrons. The predicted octanol–water partition coefficient (Wildman–Crippen LogP) is 2.51. The first kappa shape index (κ1) is 21.5. The van der Waals surface area contributed by atoms with Crippen LogP contribution in [0.3, 0.4) is 0 Å². The van der Waals surface area contributed by atoms with Crippen molar-refractivity contribution in [3.05, 3.63) is 51.1 Å². The van der Waals surface area contributed by atoms with Crippen molar-refractivity contribution >= 4 is 5.82 Å². The molecule has 0 bridgehead atoms. The summed E-state index contributed by atoms with van der Waals surface area (Å²) in [6.45, 7) is 11.1. The number of nitriles is 1. The van der Waals surface area contributed by atoms with Crippen LogP contribution in [-0.4, -0.2) is 52.4 Å². The lowest BCUT2D eigenvalue weighted by atomic mass is 9.92. The molecule has 4 rings (SSSR count). The molecule has 7 heteroatoms. The average molecular weight is 421 g/mol. The zero-order chi connectivity index (χ0) is 22.0. The van der Waals surface area contributed by atoms with Crippen LogP contribution in [0.1, 0.15) is 56.1 Å². The Labute approximate surface area is 184 Å². The van der Waals surface area contributed by atoms with Gasteiger partial charge in [-0.25, -0.2) is 9.67 Å². The summed E-state index contributed by atoms with van der Waals surface area (Å²) >= 11 is 0. The molecule has 0 aromatic carbocycles. The zero-order valence-electron chi connectivity index (χ0n) is 18.9. The maximum absolute atomic E-state index is 12.2. The molecule has 0 spiro atoms. The minimum atomic E-state index is -0.0819. The molecule has 164 valence electrons. The third kappa shape index (κ3) is 4.80. The molecule has 1 fully saturated rings. The van der Waals surface area contributed by atoms with E-state index in [1.54, 1.807) is 10.7 Å². The number of anilines is 1. The van der Waals surface area contributed by atoms with E-state index < -0.39 is 0 Å². The summed E-state index contributed by atoms with van der Waals surface area (Å²) in [6, 6.07) is 7.87. The molecule has 0 saturated carbocycles. The van der Waals surface area contributed by atoms with E-state index in [-0.39, 0.29) is 11.0 Å². The SMILES string of the molecule is CC(C)(C)c1ccc(=O)n(CCN2CCN(c3nc4c(cc3C#N)CCCC4)CC2)n1. The van der Waals surface area contributed by atoms with E-state index in [2.05, 4.69) is 47.8 Å². The van der Waals surface area contributed by atoms with Crippen LogP contribution in [0.15, 0.2) is 23.0 Å². The summed E-state index contributed by atoms with van der Waals surface area (Å²) in [4.78, 5) is 21.7. The van der Waals surface area contributed by atoms with Gasteiger partial charge in [-0.3, -0.25) is 9.69 Å². The van der Waals surface area contributed by atoms with Gasteiger partial charge in [0.2, 0.25) is 0 Å². The second-order valence-electron chi connectivity index (χ2n) is 9.64. The lowest BCUT2D eigenvalue weighted by Crippen LogP contribution is -2.48. The first-order valence-corrected chi connectivity index (χ1v) is 11.3. The van der Waals surface area contributed by atoms with E-state index in [1.165, 1.54) is 24.1 Å². The quantitative estimate of drug-likeness (QED) is 0.756. The van der Waals surface area contributed by atoms with Crippen LogP contribution in [-0.2, 0) is 24.8 Å². The van der Waals surface area contributed by atoms with Crippen molar-refractivity contribution in [3.63, 3.8) is 0 Å². The van der Waals surface area contributed by atoms with Crippen LogP contribution in [0.4, 0.5) is 5.82 Å². The molecule has 0 N–H and O–H groups in total. The smallest absolute Gasteiger partial charge is 0.266 e. The molecular formula is C24H32N6O. The molecule has 0 amide bonds. The Morgan fingerprint density at radius 3 is 2.52 bits per heavy atom. The summed E-state index contributed by atoms with van der Waals surface area (Å²) in [6.07, 6.45) is 4.43. The summed E-state index contributed by atoms with van der Waals surface area (Å²) in [5, 5.41) is 14.2. The van der Waals surface area contributed by atoms with Gasteiger partial charge in [0.25, 0.3) is 5.56 Å². The lowest BCUT2D eigenvalue weighted by Gasteiger charge is -2.36. The molecule has 0 atom stereocenters. The van der Waals surface area contributed by atoms with E-state index >= 15 is 0 Å². The molecule has 1 saturated heterocycles. The fourth-order valence-corrected chi connectivity index (χ4v) is 4.37. The standard InChI is InChI=1S/C24H32N6O/c1-24(2,3)21-8-9-22(31)30(27-21)15-12-28-10-13-29(14-11-28)23-19(17-25)16-18-6-4-5-7-20(18)26-23/h8-9,16H,4-7,10-15H2,1-3H3. The molecule has 0 unspecified atom stereocenters. The largest absolute Gasteiger partial charge is 0.353 e. The molecule has 1 aliphatic carbocycles. The number of nitrogens with zero attached hydrogens (tertiary/aromatic N) is 6. The second-order valence-corrected chi connectivity index (χ2v) is 9.64. The van der Waals surface area contributed by atoms with Crippen LogP contribution in [0.2, 0.25) is 0 Å². The Morgan fingerprint density at radius 1 is 1.06 bits per heavy atom. The highest BCUT2D eigenvalue weighted by molar-refractivity contribution is 5.56. The van der Waals surface area contributed by atoms with Gasteiger partial charge in [0, 0.05) is 49.9 Å². The van der Waals surface area contributed by atoms with Crippen molar-refractivity contribution < 1.29 is 0 Å². The summed E-state index contributed by atoms with van der Waals surface area (Å²) in [5.74, 6) is 0.846. The highest BCUT2D eigenvalue weighted by Gasteiger charge is 2.23. The molecule has 7 nitrogen and oxygen atoms in total. The molecule has 31 heavy (non-hydrogen) atoms. The van der Waals surface area contributed by atoms with E-state index in [4.69, 9.17) is 4.98 Å². The van der Waals surface area contributed by atoms with Gasteiger partial charge in [-0.2, -0.15) is 10.4 Å². The van der Waals surface area contributed by atoms with Crippen LogP contribution < -0.4 is 10.5 Å². The minimum Gasteiger partial charge on any atom is -0.353 e. The van der Waals surface area contributed by atoms with Gasteiger partial charge in [-0.05, 0) is 43.4 Å². The summed E-state index contributed by atoms with van der Waals surface area (Å²) in [5.41, 5.74) is 3.92. The maximum atomic E-state index is 12.2. The first-order valence-electron chi connectivity index (χ1n) is 11.3. The summed E-state index contributed by atoms with van der Waals surface area (Å²) in [7, 11) is 0. The molecule has 2 aromatic rings. The van der Waals surface area contributed by atoms with Crippen LogP contribution in [0.25, 0.3) is 0 Å². The van der Waals surface area contributed by atoms with Crippen LogP contribution >= 0.6 is 0 Å². The predicted molar refractivity (Wildman–Crippen MR) is 121 cm³/mol. The minimum absolute atomic E-state index is 0.0523. The van der Waals surface area contributed by atoms with E-state index in [1.807, 2.05) is 6.07 Å². The van der Waals surface area contributed by atoms with Gasteiger partial charge in [-0.15, -0.1) is 0 Å². The monoisotopic (exact) mass is 420 g/mol. The van der Waals surface area contributed by atoms with Crippen molar-refractivity contribution in [2.75, 3.05) is 37.6 Å². The topological polar surface area (TPSA) is 78.0 Å². The third-order valence-corrected chi connectivity index (χ3v) is 6.34. The van der Waals surface area contributed by atoms with Gasteiger partial charge in [0.15, 0.2) is 0 Å². The van der Waals surface area contributed by atoms with Crippen LogP contribution in [0.5, 0.6) is 0 Å². The Balaban J connectivity index is 1.39.